The lowest BCUT2D eigenvalue weighted by Crippen LogP contribution is -2.40. The molecule has 194 valence electrons. The maximum absolute atomic E-state index is 14.4. The Labute approximate surface area is 208 Å². The molecule has 0 aromatic carbocycles. The molecule has 0 spiro atoms. The summed E-state index contributed by atoms with van der Waals surface area (Å²) in [4.78, 5) is 10.1. The predicted octanol–water partition coefficient (Wildman–Crippen LogP) is 4.20. The van der Waals surface area contributed by atoms with Crippen LogP contribution in [0, 0.1) is 11.7 Å². The Balaban J connectivity index is 1.20. The summed E-state index contributed by atoms with van der Waals surface area (Å²) in [5.41, 5.74) is 2.04. The Bertz CT molecular complexity index is 1290. The zero-order chi connectivity index (χ0) is 25.7. The van der Waals surface area contributed by atoms with Gasteiger partial charge in [-0.1, -0.05) is 6.08 Å². The van der Waals surface area contributed by atoms with Crippen molar-refractivity contribution in [2.24, 2.45) is 5.92 Å². The van der Waals surface area contributed by atoms with Gasteiger partial charge < -0.3 is 9.64 Å². The Morgan fingerprint density at radius 1 is 1.14 bits per heavy atom. The van der Waals surface area contributed by atoms with Gasteiger partial charge in [0, 0.05) is 60.3 Å². The van der Waals surface area contributed by atoms with E-state index in [2.05, 4.69) is 28.0 Å². The van der Waals surface area contributed by atoms with Crippen molar-refractivity contribution in [3.05, 3.63) is 53.2 Å². The summed E-state index contributed by atoms with van der Waals surface area (Å²) in [6.07, 6.45) is 4.48. The van der Waals surface area contributed by atoms with Crippen molar-refractivity contribution >= 4 is 27.0 Å². The topological polar surface area (TPSA) is 58.6 Å². The molecular formula is C25H28F4N4O2S. The van der Waals surface area contributed by atoms with E-state index in [9.17, 15) is 21.8 Å². The van der Waals surface area contributed by atoms with Crippen LogP contribution in [0.1, 0.15) is 36.1 Å². The molecule has 1 unspecified atom stereocenters. The highest BCUT2D eigenvalue weighted by molar-refractivity contribution is 7.97. The first kappa shape index (κ1) is 25.0. The molecule has 1 fully saturated rings. The molecule has 2 aromatic heterocycles. The lowest BCUT2D eigenvalue weighted by molar-refractivity contribution is -0.138. The van der Waals surface area contributed by atoms with Crippen LogP contribution in [0.5, 0.6) is 5.75 Å². The highest BCUT2D eigenvalue weighted by Crippen LogP contribution is 2.38. The molecule has 0 aliphatic carbocycles. The van der Waals surface area contributed by atoms with Gasteiger partial charge in [0.25, 0.3) is 0 Å². The number of piperidine rings is 1. The Hall–Kier alpha value is -2.66. The normalized spacial score (nSPS) is 23.1. The Morgan fingerprint density at radius 2 is 1.89 bits per heavy atom. The summed E-state index contributed by atoms with van der Waals surface area (Å²) in [6.45, 7) is 2.25. The van der Waals surface area contributed by atoms with Gasteiger partial charge in [-0.05, 0) is 48.8 Å². The molecule has 5 rings (SSSR count). The second-order valence-electron chi connectivity index (χ2n) is 9.72. The SMILES string of the molecule is C=S(C)(=O)N1CC=C(c2cc3c(cn2)O[C@@H](C2CCN(c4ncc(C(F)(F)F)cc4F)CC2)C3)CC1. The minimum atomic E-state index is -4.62. The monoisotopic (exact) mass is 524 g/mol. The lowest BCUT2D eigenvalue weighted by Gasteiger charge is -2.35. The molecule has 2 atom stereocenters. The first-order chi connectivity index (χ1) is 17.0. The molecule has 0 bridgehead atoms. The van der Waals surface area contributed by atoms with Gasteiger partial charge in [0.2, 0.25) is 0 Å². The summed E-state index contributed by atoms with van der Waals surface area (Å²) in [5.74, 6) is 3.78. The molecule has 3 aliphatic heterocycles. The average Bonchev–Trinajstić information content (AvgIpc) is 3.27. The van der Waals surface area contributed by atoms with Crippen molar-refractivity contribution in [1.82, 2.24) is 14.3 Å². The van der Waals surface area contributed by atoms with E-state index in [-0.39, 0.29) is 17.8 Å². The van der Waals surface area contributed by atoms with Crippen molar-refractivity contribution < 1.29 is 26.5 Å². The number of hydrogen-bond acceptors (Lipinski definition) is 5. The standard InChI is InChI=1S/C25H28F4N4O2S/c1-36(2,34)33-9-5-16(6-10-33)21-11-18-12-22(35-23(18)15-30-21)17-3-7-32(8-4-17)24-20(26)13-19(14-31-24)25(27,28)29/h5,11,13-15,17,22H,1,3-4,6-10,12H2,2H3/t22-,36?/m1/s1. The first-order valence-corrected chi connectivity index (χ1v) is 14.0. The summed E-state index contributed by atoms with van der Waals surface area (Å²) in [5, 5.41) is 0. The zero-order valence-electron chi connectivity index (χ0n) is 19.9. The van der Waals surface area contributed by atoms with Gasteiger partial charge in [-0.2, -0.15) is 13.2 Å². The van der Waals surface area contributed by atoms with Gasteiger partial charge in [-0.3, -0.25) is 9.19 Å². The van der Waals surface area contributed by atoms with E-state index in [1.54, 1.807) is 17.4 Å². The van der Waals surface area contributed by atoms with Gasteiger partial charge in [0.15, 0.2) is 11.6 Å². The summed E-state index contributed by atoms with van der Waals surface area (Å²) in [6, 6.07) is 2.58. The summed E-state index contributed by atoms with van der Waals surface area (Å²) >= 11 is 0. The number of halogens is 4. The molecule has 0 amide bonds. The highest BCUT2D eigenvalue weighted by atomic mass is 32.2. The van der Waals surface area contributed by atoms with Gasteiger partial charge in [0.1, 0.15) is 11.9 Å². The third kappa shape index (κ3) is 5.08. The quantitative estimate of drug-likeness (QED) is 0.443. The molecule has 1 saturated heterocycles. The molecule has 0 saturated carbocycles. The van der Waals surface area contributed by atoms with Gasteiger partial charge in [-0.25, -0.2) is 13.7 Å². The van der Waals surface area contributed by atoms with E-state index in [4.69, 9.17) is 4.74 Å². The molecule has 0 radical (unpaired) electrons. The molecule has 36 heavy (non-hydrogen) atoms. The second-order valence-corrected chi connectivity index (χ2v) is 12.2. The van der Waals surface area contributed by atoms with Crippen LogP contribution in [0.15, 0.2) is 30.6 Å². The maximum atomic E-state index is 14.4. The van der Waals surface area contributed by atoms with Crippen LogP contribution in [0.25, 0.3) is 5.57 Å². The first-order valence-electron chi connectivity index (χ1n) is 11.9. The van der Waals surface area contributed by atoms with Crippen LogP contribution in [0.4, 0.5) is 23.4 Å². The molecule has 11 heteroatoms. The molecular weight excluding hydrogens is 496 g/mol. The number of anilines is 1. The van der Waals surface area contributed by atoms with E-state index in [0.717, 1.165) is 48.3 Å². The molecule has 6 nitrogen and oxygen atoms in total. The largest absolute Gasteiger partial charge is 0.488 e. The van der Waals surface area contributed by atoms with Crippen LogP contribution in [-0.2, 0) is 22.3 Å². The number of rotatable bonds is 4. The summed E-state index contributed by atoms with van der Waals surface area (Å²) < 4.78 is 73.0. The number of fused-ring (bicyclic) bond motifs is 1. The number of pyridine rings is 2. The maximum Gasteiger partial charge on any atom is 0.417 e. The van der Waals surface area contributed by atoms with E-state index in [1.165, 1.54) is 0 Å². The number of aromatic nitrogens is 2. The van der Waals surface area contributed by atoms with Crippen molar-refractivity contribution in [1.29, 1.82) is 0 Å². The highest BCUT2D eigenvalue weighted by Gasteiger charge is 2.36. The number of alkyl halides is 3. The van der Waals surface area contributed by atoms with Gasteiger partial charge in [-0.15, -0.1) is 0 Å². The fourth-order valence-corrected chi connectivity index (χ4v) is 6.01. The van der Waals surface area contributed by atoms with Crippen LogP contribution >= 0.6 is 0 Å². The number of hydrogen-bond donors (Lipinski definition) is 0. The van der Waals surface area contributed by atoms with Crippen molar-refractivity contribution in [2.45, 2.75) is 38.0 Å². The Morgan fingerprint density at radius 3 is 2.50 bits per heavy atom. The van der Waals surface area contributed by atoms with Crippen LogP contribution in [0.3, 0.4) is 0 Å². The molecule has 3 aliphatic rings. The van der Waals surface area contributed by atoms with E-state index in [1.807, 2.05) is 4.31 Å². The van der Waals surface area contributed by atoms with Crippen molar-refractivity contribution in [3.63, 3.8) is 0 Å². The minimum Gasteiger partial charge on any atom is -0.488 e. The molecule has 5 heterocycles. The Kier molecular flexibility index (Phi) is 6.48. The third-order valence-corrected chi connectivity index (χ3v) is 8.63. The summed E-state index contributed by atoms with van der Waals surface area (Å²) in [7, 11) is -2.22. The fraction of sp³-hybridized carbons (Fsp3) is 0.480. The van der Waals surface area contributed by atoms with Crippen molar-refractivity contribution in [2.75, 3.05) is 37.3 Å². The van der Waals surface area contributed by atoms with E-state index >= 15 is 0 Å². The average molecular weight is 525 g/mol. The zero-order valence-corrected chi connectivity index (χ0v) is 20.7. The number of nitrogens with zero attached hydrogens (tertiary/aromatic N) is 4. The lowest BCUT2D eigenvalue weighted by atomic mass is 9.88. The van der Waals surface area contributed by atoms with Gasteiger partial charge >= 0.3 is 6.18 Å². The predicted molar refractivity (Wildman–Crippen MR) is 132 cm³/mol. The molecule has 0 N–H and O–H groups in total. The van der Waals surface area contributed by atoms with E-state index < -0.39 is 27.3 Å². The second kappa shape index (κ2) is 9.33. The van der Waals surface area contributed by atoms with Crippen LogP contribution in [-0.4, -0.2) is 62.9 Å². The van der Waals surface area contributed by atoms with Crippen molar-refractivity contribution in [3.8, 4) is 5.75 Å². The van der Waals surface area contributed by atoms with Gasteiger partial charge in [0.05, 0.1) is 17.5 Å². The number of ether oxygens (including phenoxy) is 1. The smallest absolute Gasteiger partial charge is 0.417 e. The molecule has 2 aromatic rings. The fourth-order valence-electron chi connectivity index (χ4n) is 5.15. The third-order valence-electron chi connectivity index (χ3n) is 7.21. The van der Waals surface area contributed by atoms with Crippen LogP contribution < -0.4 is 9.64 Å². The van der Waals surface area contributed by atoms with E-state index in [0.29, 0.717) is 38.4 Å². The minimum absolute atomic E-state index is 0.0172. The van der Waals surface area contributed by atoms with Crippen LogP contribution in [0.2, 0.25) is 0 Å².